The number of azo groups is 1. The summed E-state index contributed by atoms with van der Waals surface area (Å²) in [4.78, 5) is 0. The van der Waals surface area contributed by atoms with Gasteiger partial charge in [-0.2, -0.15) is 18.6 Å². The van der Waals surface area contributed by atoms with E-state index in [4.69, 9.17) is 13.7 Å². The Kier molecular flexibility index (Phi) is 8.72. The van der Waals surface area contributed by atoms with Crippen LogP contribution in [-0.2, 0) is 17.8 Å². The van der Waals surface area contributed by atoms with Crippen molar-refractivity contribution >= 4 is 23.5 Å². The van der Waals surface area contributed by atoms with Crippen LogP contribution >= 0.6 is 0 Å². The minimum atomic E-state index is -5.81. The number of rotatable bonds is 2. The third-order valence-electron chi connectivity index (χ3n) is 1.73. The molecule has 0 aromatic heterocycles. The van der Waals surface area contributed by atoms with Crippen LogP contribution < -0.4 is 0 Å². The van der Waals surface area contributed by atoms with E-state index in [1.807, 2.05) is 45.0 Å². The summed E-state index contributed by atoms with van der Waals surface area (Å²) >= 11 is 0. The minimum absolute atomic E-state index is 0.118. The quantitative estimate of drug-likeness (QED) is 0.429. The number of benzene rings is 1. The topological polar surface area (TPSA) is 137 Å². The van der Waals surface area contributed by atoms with Gasteiger partial charge in [-0.05, 0) is 19.1 Å². The summed E-state index contributed by atoms with van der Waals surface area (Å²) in [5.41, 5.74) is 2.16. The third-order valence-corrected chi connectivity index (χ3v) is 5.61. The lowest BCUT2D eigenvalue weighted by Crippen LogP contribution is -2.38. The van der Waals surface area contributed by atoms with Crippen molar-refractivity contribution in [2.24, 2.45) is 10.2 Å². The van der Waals surface area contributed by atoms with Crippen molar-refractivity contribution in [3.63, 3.8) is 0 Å². The Balaban J connectivity index is 0. The zero-order valence-corrected chi connectivity index (χ0v) is 14.2. The van der Waals surface area contributed by atoms with Gasteiger partial charge in [0, 0.05) is 7.05 Å². The molecule has 0 spiro atoms. The minimum Gasteiger partial charge on any atom is -0.295 e. The lowest BCUT2D eigenvalue weighted by molar-refractivity contribution is 0.400. The molecular formula is C11H22N2O6S2. The predicted molar refractivity (Wildman–Crippen MR) is 83.8 cm³/mol. The summed E-state index contributed by atoms with van der Waals surface area (Å²) in [7, 11) is -9.42. The summed E-state index contributed by atoms with van der Waals surface area (Å²) in [5.74, 6) is 0. The van der Waals surface area contributed by atoms with Crippen molar-refractivity contribution in [2.45, 2.75) is 20.8 Å². The van der Waals surface area contributed by atoms with Gasteiger partial charge in [-0.15, -0.1) is 0 Å². The lowest BCUT2D eigenvalue weighted by atomic mass is 10.2. The third kappa shape index (κ3) is 9.37. The molecule has 0 aliphatic rings. The maximum Gasteiger partial charge on any atom is 0.368 e. The van der Waals surface area contributed by atoms with Crippen LogP contribution in [0.15, 0.2) is 34.5 Å². The first-order valence-electron chi connectivity index (χ1n) is 5.81. The summed E-state index contributed by atoms with van der Waals surface area (Å²) in [6.45, 7) is 6.05. The second-order valence-corrected chi connectivity index (χ2v) is 10.4. The SMILES string of the molecule is CC.CN=Nc1ccc(C)cc1.CS(=O)(O)(O)S(=O)(=O)O. The van der Waals surface area contributed by atoms with Crippen molar-refractivity contribution in [2.75, 3.05) is 13.3 Å². The predicted octanol–water partition coefficient (Wildman–Crippen LogP) is 2.92. The molecule has 0 atom stereocenters. The molecule has 0 amide bonds. The number of hydrogen-bond donors (Lipinski definition) is 3. The van der Waals surface area contributed by atoms with Gasteiger partial charge < -0.3 is 0 Å². The smallest absolute Gasteiger partial charge is 0.295 e. The van der Waals surface area contributed by atoms with Crippen molar-refractivity contribution in [1.29, 1.82) is 0 Å². The summed E-state index contributed by atoms with van der Waals surface area (Å²) in [6.07, 6.45) is 0.118. The van der Waals surface area contributed by atoms with Gasteiger partial charge >= 0.3 is 9.15 Å². The highest BCUT2D eigenvalue weighted by Crippen LogP contribution is 2.17. The largest absolute Gasteiger partial charge is 0.368 e. The molecular weight excluding hydrogens is 320 g/mol. The highest BCUT2D eigenvalue weighted by molar-refractivity contribution is 8.74. The first-order chi connectivity index (χ1) is 9.34. The van der Waals surface area contributed by atoms with Gasteiger partial charge in [0.2, 0.25) is 8.66 Å². The summed E-state index contributed by atoms with van der Waals surface area (Å²) in [5, 5.41) is 7.53. The van der Waals surface area contributed by atoms with Crippen molar-refractivity contribution in [3.8, 4) is 0 Å². The Morgan fingerprint density at radius 2 is 1.43 bits per heavy atom. The van der Waals surface area contributed by atoms with E-state index < -0.39 is 17.8 Å². The van der Waals surface area contributed by atoms with E-state index in [-0.39, 0.29) is 6.26 Å². The number of hydrogen-bond acceptors (Lipinski definition) is 5. The molecule has 0 unspecified atom stereocenters. The van der Waals surface area contributed by atoms with Crippen LogP contribution in [0.2, 0.25) is 0 Å². The molecule has 1 aromatic carbocycles. The summed E-state index contributed by atoms with van der Waals surface area (Å²) in [6, 6.07) is 7.93. The second kappa shape index (κ2) is 8.29. The number of nitrogens with zero attached hydrogens (tertiary/aromatic N) is 2. The fourth-order valence-electron chi connectivity index (χ4n) is 0.727. The van der Waals surface area contributed by atoms with Gasteiger partial charge in [0.05, 0.1) is 11.9 Å². The van der Waals surface area contributed by atoms with E-state index >= 15 is 0 Å². The molecule has 0 aliphatic heterocycles. The highest BCUT2D eigenvalue weighted by Gasteiger charge is 2.38. The van der Waals surface area contributed by atoms with Gasteiger partial charge in [-0.3, -0.25) is 13.7 Å². The number of aryl methyl sites for hydroxylation is 1. The Bertz CT molecular complexity index is 606. The normalized spacial score (nSPS) is 13.2. The van der Waals surface area contributed by atoms with Gasteiger partial charge in [0.25, 0.3) is 0 Å². The maximum absolute atomic E-state index is 10.1. The van der Waals surface area contributed by atoms with Gasteiger partial charge in [-0.1, -0.05) is 31.5 Å². The van der Waals surface area contributed by atoms with Crippen LogP contribution in [0.25, 0.3) is 0 Å². The van der Waals surface area contributed by atoms with Crippen LogP contribution in [0.5, 0.6) is 0 Å². The van der Waals surface area contributed by atoms with E-state index in [0.717, 1.165) is 5.69 Å². The molecule has 8 nitrogen and oxygen atoms in total. The van der Waals surface area contributed by atoms with Crippen LogP contribution in [0, 0.1) is 6.92 Å². The lowest BCUT2D eigenvalue weighted by Gasteiger charge is -2.19. The molecule has 0 fully saturated rings. The molecule has 0 heterocycles. The average Bonchev–Trinajstić information content (AvgIpc) is 2.32. The van der Waals surface area contributed by atoms with Crippen LogP contribution in [0.1, 0.15) is 19.4 Å². The fraction of sp³-hybridized carbons (Fsp3) is 0.455. The summed E-state index contributed by atoms with van der Waals surface area (Å²) < 4.78 is 53.6. The monoisotopic (exact) mass is 342 g/mol. The van der Waals surface area contributed by atoms with E-state index in [9.17, 15) is 12.6 Å². The highest BCUT2D eigenvalue weighted by atomic mass is 33.2. The second-order valence-electron chi connectivity index (χ2n) is 3.71. The fourth-order valence-corrected chi connectivity index (χ4v) is 0.727. The molecule has 10 heteroatoms. The molecule has 21 heavy (non-hydrogen) atoms. The van der Waals surface area contributed by atoms with Gasteiger partial charge in [-0.25, -0.2) is 4.21 Å². The van der Waals surface area contributed by atoms with Crippen LogP contribution in [0.3, 0.4) is 0 Å². The molecule has 0 radical (unpaired) electrons. The van der Waals surface area contributed by atoms with E-state index in [2.05, 4.69) is 10.2 Å². The molecule has 1 aromatic rings. The molecule has 0 aliphatic carbocycles. The molecule has 0 bridgehead atoms. The van der Waals surface area contributed by atoms with Crippen molar-refractivity contribution < 1.29 is 26.3 Å². The molecule has 124 valence electrons. The maximum atomic E-state index is 10.1. The van der Waals surface area contributed by atoms with Crippen molar-refractivity contribution in [3.05, 3.63) is 29.8 Å². The van der Waals surface area contributed by atoms with E-state index in [0.29, 0.717) is 0 Å². The van der Waals surface area contributed by atoms with E-state index in [1.54, 1.807) is 7.05 Å². The Labute approximate surface area is 124 Å². The van der Waals surface area contributed by atoms with Gasteiger partial charge in [0.15, 0.2) is 0 Å². The standard InChI is InChI=1S/C8H10N2.C2H6.CH6O6S2/c1-7-3-5-8(6-4-7)10-9-2;1-2;1-9(5,6,7)8(2,3)4/h3-6H,1-2H3;1-2H3;1H3,(H,2,3,4)(H2,5,6,7). The Morgan fingerprint density at radius 3 is 1.67 bits per heavy atom. The average molecular weight is 342 g/mol. The van der Waals surface area contributed by atoms with Crippen molar-refractivity contribution in [1.82, 2.24) is 0 Å². The molecule has 0 saturated heterocycles. The Hall–Kier alpha value is -1.20. The van der Waals surface area contributed by atoms with E-state index in [1.165, 1.54) is 5.56 Å². The Morgan fingerprint density at radius 1 is 1.10 bits per heavy atom. The van der Waals surface area contributed by atoms with Crippen LogP contribution in [-0.4, -0.2) is 39.6 Å². The zero-order valence-electron chi connectivity index (χ0n) is 12.6. The van der Waals surface area contributed by atoms with Crippen LogP contribution in [0.4, 0.5) is 5.69 Å². The molecule has 0 saturated carbocycles. The first-order valence-corrected chi connectivity index (χ1v) is 10.1. The molecule has 3 N–H and O–H groups in total. The first kappa shape index (κ1) is 22.1. The van der Waals surface area contributed by atoms with Gasteiger partial charge in [0.1, 0.15) is 0 Å². The zero-order chi connectivity index (χ0) is 17.3. The molecule has 1 rings (SSSR count).